The van der Waals surface area contributed by atoms with E-state index in [9.17, 15) is 0 Å². The van der Waals surface area contributed by atoms with Crippen molar-refractivity contribution < 1.29 is 4.74 Å². The van der Waals surface area contributed by atoms with Gasteiger partial charge in [-0.05, 0) is 43.2 Å². The van der Waals surface area contributed by atoms with Gasteiger partial charge in [0, 0.05) is 43.3 Å². The lowest BCUT2D eigenvalue weighted by atomic mass is 9.95. The molecule has 2 aliphatic rings. The molecule has 0 atom stereocenters. The predicted octanol–water partition coefficient (Wildman–Crippen LogP) is 5.71. The maximum atomic E-state index is 6.43. The summed E-state index contributed by atoms with van der Waals surface area (Å²) >= 11 is 12.6. The van der Waals surface area contributed by atoms with Crippen molar-refractivity contribution >= 4 is 40.3 Å². The summed E-state index contributed by atoms with van der Waals surface area (Å²) in [6, 6.07) is 16.0. The van der Waals surface area contributed by atoms with Crippen molar-refractivity contribution in [2.75, 3.05) is 37.9 Å². The number of nitrogens with zero attached hydrogens (tertiary/aromatic N) is 3. The smallest absolute Gasteiger partial charge is 0.0784 e. The molecule has 0 fully saturated rings. The number of benzene rings is 2. The first-order chi connectivity index (χ1) is 14.2. The molecule has 0 unspecified atom stereocenters. The highest BCUT2D eigenvalue weighted by Gasteiger charge is 2.32. The second kappa shape index (κ2) is 9.21. The average molecular weight is 430 g/mol. The fourth-order valence-corrected chi connectivity index (χ4v) is 4.29. The van der Waals surface area contributed by atoms with Crippen molar-refractivity contribution in [1.82, 2.24) is 4.90 Å². The lowest BCUT2D eigenvalue weighted by molar-refractivity contribution is 0.138. The van der Waals surface area contributed by atoms with Gasteiger partial charge in [-0.1, -0.05) is 47.5 Å². The molecule has 0 aromatic heterocycles. The first kappa shape index (κ1) is 20.3. The van der Waals surface area contributed by atoms with E-state index < -0.39 is 0 Å². The van der Waals surface area contributed by atoms with Gasteiger partial charge >= 0.3 is 0 Å². The molecule has 152 valence electrons. The summed E-state index contributed by atoms with van der Waals surface area (Å²) in [4.78, 5) is 2.46. The van der Waals surface area contributed by atoms with Gasteiger partial charge in [-0.15, -0.1) is 0 Å². The van der Waals surface area contributed by atoms with E-state index >= 15 is 0 Å². The van der Waals surface area contributed by atoms with Crippen molar-refractivity contribution in [3.63, 3.8) is 0 Å². The van der Waals surface area contributed by atoms with Crippen LogP contribution in [0.4, 0.5) is 5.69 Å². The summed E-state index contributed by atoms with van der Waals surface area (Å²) in [6.07, 6.45) is 1.93. The Morgan fingerprint density at radius 2 is 1.86 bits per heavy atom. The highest BCUT2D eigenvalue weighted by atomic mass is 35.5. The fraction of sp³-hybridized carbons (Fsp3) is 0.348. The summed E-state index contributed by atoms with van der Waals surface area (Å²) in [5.41, 5.74) is 5.79. The van der Waals surface area contributed by atoms with Crippen LogP contribution in [-0.2, 0) is 4.74 Å². The molecular weight excluding hydrogens is 405 g/mol. The second-order valence-electron chi connectivity index (χ2n) is 7.18. The molecule has 2 aromatic rings. The standard InChI is InChI=1S/C23H25Cl2N3O/c1-2-29-15-5-13-27-14-12-21-19(23(27)17-8-10-18(24)11-9-17)16-28(26-21)22-7-4-3-6-20(22)25/h3-4,6-11H,2,5,12-16H2,1H3. The zero-order chi connectivity index (χ0) is 20.2. The van der Waals surface area contributed by atoms with Gasteiger partial charge in [-0.3, -0.25) is 5.01 Å². The lowest BCUT2D eigenvalue weighted by Gasteiger charge is -2.33. The number of anilines is 1. The Morgan fingerprint density at radius 3 is 2.62 bits per heavy atom. The molecule has 0 aliphatic carbocycles. The van der Waals surface area contributed by atoms with Gasteiger partial charge in [0.2, 0.25) is 0 Å². The topological polar surface area (TPSA) is 28.1 Å². The zero-order valence-electron chi connectivity index (χ0n) is 16.6. The minimum atomic E-state index is 0.720. The van der Waals surface area contributed by atoms with Crippen LogP contribution < -0.4 is 5.01 Å². The van der Waals surface area contributed by atoms with E-state index in [-0.39, 0.29) is 0 Å². The molecular formula is C23H25Cl2N3O. The molecule has 0 bridgehead atoms. The van der Waals surface area contributed by atoms with Crippen molar-refractivity contribution in [1.29, 1.82) is 0 Å². The number of halogens is 2. The molecule has 2 aliphatic heterocycles. The number of ether oxygens (including phenoxy) is 1. The molecule has 2 aromatic carbocycles. The quantitative estimate of drug-likeness (QED) is 0.527. The van der Waals surface area contributed by atoms with E-state index in [2.05, 4.69) is 17.0 Å². The SMILES string of the molecule is CCOCCCN1CCC2=NN(c3ccccc3Cl)CC2=C1c1ccc(Cl)cc1. The van der Waals surface area contributed by atoms with Crippen LogP contribution >= 0.6 is 23.2 Å². The second-order valence-corrected chi connectivity index (χ2v) is 8.02. The number of fused-ring (bicyclic) bond motifs is 1. The van der Waals surface area contributed by atoms with Crippen LogP contribution in [0, 0.1) is 0 Å². The van der Waals surface area contributed by atoms with Gasteiger partial charge in [-0.2, -0.15) is 5.10 Å². The minimum absolute atomic E-state index is 0.720. The number of hydrazone groups is 1. The third kappa shape index (κ3) is 4.45. The lowest BCUT2D eigenvalue weighted by Crippen LogP contribution is -2.33. The molecule has 0 N–H and O–H groups in total. The van der Waals surface area contributed by atoms with E-state index in [0.717, 1.165) is 67.1 Å². The number of hydrogen-bond acceptors (Lipinski definition) is 4. The van der Waals surface area contributed by atoms with Crippen molar-refractivity contribution in [2.24, 2.45) is 5.10 Å². The third-order valence-corrected chi connectivity index (χ3v) is 5.86. The Morgan fingerprint density at radius 1 is 1.07 bits per heavy atom. The van der Waals surface area contributed by atoms with E-state index in [4.69, 9.17) is 33.0 Å². The van der Waals surface area contributed by atoms with Crippen molar-refractivity contribution in [3.05, 3.63) is 69.7 Å². The van der Waals surface area contributed by atoms with Crippen LogP contribution in [-0.4, -0.2) is 43.5 Å². The minimum Gasteiger partial charge on any atom is -0.382 e. The number of rotatable bonds is 7. The van der Waals surface area contributed by atoms with Crippen LogP contribution in [0.1, 0.15) is 25.3 Å². The fourth-order valence-electron chi connectivity index (χ4n) is 3.93. The van der Waals surface area contributed by atoms with E-state index in [0.29, 0.717) is 0 Å². The first-order valence-electron chi connectivity index (χ1n) is 10.1. The molecule has 6 heteroatoms. The van der Waals surface area contributed by atoms with Gasteiger partial charge in [0.1, 0.15) is 0 Å². The Labute approximate surface area is 182 Å². The van der Waals surface area contributed by atoms with Gasteiger partial charge in [0.25, 0.3) is 0 Å². The highest BCUT2D eigenvalue weighted by Crippen LogP contribution is 2.36. The highest BCUT2D eigenvalue weighted by molar-refractivity contribution is 6.33. The van der Waals surface area contributed by atoms with Crippen molar-refractivity contribution in [3.8, 4) is 0 Å². The van der Waals surface area contributed by atoms with E-state index in [1.165, 1.54) is 16.8 Å². The Balaban J connectivity index is 1.67. The van der Waals surface area contributed by atoms with Gasteiger partial charge in [0.05, 0.1) is 28.7 Å². The van der Waals surface area contributed by atoms with Crippen LogP contribution in [0.15, 0.2) is 59.2 Å². The van der Waals surface area contributed by atoms with E-state index in [1.54, 1.807) is 0 Å². The van der Waals surface area contributed by atoms with Gasteiger partial charge in [0.15, 0.2) is 0 Å². The summed E-state index contributed by atoms with van der Waals surface area (Å²) in [5.74, 6) is 0. The van der Waals surface area contributed by atoms with Crippen LogP contribution in [0.25, 0.3) is 5.70 Å². The monoisotopic (exact) mass is 429 g/mol. The molecule has 29 heavy (non-hydrogen) atoms. The maximum absolute atomic E-state index is 6.43. The predicted molar refractivity (Wildman–Crippen MR) is 122 cm³/mol. The molecule has 0 saturated heterocycles. The molecule has 0 radical (unpaired) electrons. The Kier molecular flexibility index (Phi) is 6.43. The summed E-state index contributed by atoms with van der Waals surface area (Å²) in [7, 11) is 0. The summed E-state index contributed by atoms with van der Waals surface area (Å²) in [6.45, 7) is 6.20. The third-order valence-electron chi connectivity index (χ3n) is 5.29. The van der Waals surface area contributed by atoms with Gasteiger partial charge in [-0.25, -0.2) is 0 Å². The maximum Gasteiger partial charge on any atom is 0.0784 e. The molecule has 0 amide bonds. The Hall–Kier alpha value is -2.01. The molecule has 4 rings (SSSR count). The zero-order valence-corrected chi connectivity index (χ0v) is 18.1. The van der Waals surface area contributed by atoms with Crippen LogP contribution in [0.5, 0.6) is 0 Å². The number of para-hydroxylation sites is 1. The average Bonchev–Trinajstić information content (AvgIpc) is 3.16. The largest absolute Gasteiger partial charge is 0.382 e. The molecule has 0 saturated carbocycles. The Bertz CT molecular complexity index is 924. The molecule has 0 spiro atoms. The summed E-state index contributed by atoms with van der Waals surface area (Å²) in [5, 5.41) is 8.40. The molecule has 4 nitrogen and oxygen atoms in total. The first-order valence-corrected chi connectivity index (χ1v) is 10.8. The number of hydrogen-bond donors (Lipinski definition) is 0. The van der Waals surface area contributed by atoms with E-state index in [1.807, 2.05) is 48.3 Å². The normalized spacial score (nSPS) is 16.3. The van der Waals surface area contributed by atoms with Gasteiger partial charge < -0.3 is 9.64 Å². The van der Waals surface area contributed by atoms with Crippen LogP contribution in [0.2, 0.25) is 10.0 Å². The summed E-state index contributed by atoms with van der Waals surface area (Å²) < 4.78 is 5.55. The van der Waals surface area contributed by atoms with Crippen LogP contribution in [0.3, 0.4) is 0 Å². The molecule has 2 heterocycles. The van der Waals surface area contributed by atoms with Crippen molar-refractivity contribution in [2.45, 2.75) is 19.8 Å².